The van der Waals surface area contributed by atoms with Crippen LogP contribution in [0.4, 0.5) is 26.3 Å². The zero-order chi connectivity index (χ0) is 31.9. The number of hydrogen-bond donors (Lipinski definition) is 2. The predicted octanol–water partition coefficient (Wildman–Crippen LogP) is 2.55. The Morgan fingerprint density at radius 3 is 2.07 bits per heavy atom. The van der Waals surface area contributed by atoms with E-state index in [4.69, 9.17) is 24.3 Å². The summed E-state index contributed by atoms with van der Waals surface area (Å²) in [7, 11) is -3.17. The van der Waals surface area contributed by atoms with E-state index < -0.39 is 39.4 Å². The Kier molecular flexibility index (Phi) is 11.4. The second-order valence-corrected chi connectivity index (χ2v) is 11.4. The number of hydrogen-bond acceptors (Lipinski definition) is 9. The molecule has 2 N–H and O–H groups in total. The smallest absolute Gasteiger partial charge is 0.475 e. The fraction of sp³-hybridized carbons (Fsp3) is 0.522. The Hall–Kier alpha value is -3.74. The number of carboxylic acids is 2. The van der Waals surface area contributed by atoms with Gasteiger partial charge < -0.3 is 19.6 Å². The van der Waals surface area contributed by atoms with Crippen molar-refractivity contribution in [1.29, 1.82) is 0 Å². The summed E-state index contributed by atoms with van der Waals surface area (Å²) in [5.41, 5.74) is 1.34. The zero-order valence-electron chi connectivity index (χ0n) is 21.8. The molecule has 2 aromatic heterocycles. The maximum atomic E-state index is 12.7. The van der Waals surface area contributed by atoms with Crippen molar-refractivity contribution >= 4 is 27.7 Å². The van der Waals surface area contributed by atoms with Gasteiger partial charge in [0.15, 0.2) is 15.5 Å². The van der Waals surface area contributed by atoms with Gasteiger partial charge in [-0.2, -0.15) is 26.3 Å². The lowest BCUT2D eigenvalue weighted by Gasteiger charge is -2.40. The van der Waals surface area contributed by atoms with Gasteiger partial charge in [-0.3, -0.25) is 14.7 Å². The third-order valence-electron chi connectivity index (χ3n) is 6.13. The zero-order valence-corrected chi connectivity index (χ0v) is 22.6. The number of carbonyl (C=O) groups is 3. The van der Waals surface area contributed by atoms with Crippen molar-refractivity contribution in [2.24, 2.45) is 0 Å². The molecular weight excluding hydrogens is 606 g/mol. The SMILES string of the molecule is Cc1cc(C(=O)N2CC[C@@H]3[C@H](CC2)N(Cc2cccnc2)CCS3(=O)=O)no1.O=C(O)C(F)(F)F.O=C(O)C(F)(F)F. The van der Waals surface area contributed by atoms with Crippen molar-refractivity contribution in [1.82, 2.24) is 19.9 Å². The molecule has 2 fully saturated rings. The molecule has 0 aromatic carbocycles. The molecule has 42 heavy (non-hydrogen) atoms. The highest BCUT2D eigenvalue weighted by molar-refractivity contribution is 7.92. The van der Waals surface area contributed by atoms with Crippen LogP contribution < -0.4 is 0 Å². The number of pyridine rings is 1. The van der Waals surface area contributed by atoms with Crippen LogP contribution in [-0.2, 0) is 26.0 Å². The lowest BCUT2D eigenvalue weighted by Crippen LogP contribution is -2.54. The Morgan fingerprint density at radius 1 is 1.02 bits per heavy atom. The minimum absolute atomic E-state index is 0.101. The number of carbonyl (C=O) groups excluding carboxylic acids is 1. The minimum Gasteiger partial charge on any atom is -0.475 e. The van der Waals surface area contributed by atoms with Crippen LogP contribution in [0.15, 0.2) is 35.1 Å². The number of amides is 1. The summed E-state index contributed by atoms with van der Waals surface area (Å²) in [6.45, 7) is 3.83. The molecule has 4 rings (SSSR count). The van der Waals surface area contributed by atoms with Crippen LogP contribution in [0.1, 0.15) is 34.7 Å². The van der Waals surface area contributed by atoms with Gasteiger partial charge >= 0.3 is 24.3 Å². The number of alkyl halides is 6. The molecular formula is C23H26F6N4O8S. The first-order chi connectivity index (χ1) is 19.3. The first kappa shape index (κ1) is 34.5. The number of aryl methyl sites for hydroxylation is 1. The average Bonchev–Trinajstić information content (AvgIpc) is 3.18. The van der Waals surface area contributed by atoms with Gasteiger partial charge in [0.2, 0.25) is 0 Å². The Morgan fingerprint density at radius 2 is 1.60 bits per heavy atom. The second-order valence-electron chi connectivity index (χ2n) is 9.10. The summed E-state index contributed by atoms with van der Waals surface area (Å²) in [5.74, 6) is -4.98. The third kappa shape index (κ3) is 9.97. The summed E-state index contributed by atoms with van der Waals surface area (Å²) in [6, 6.07) is 5.41. The molecule has 0 spiro atoms. The van der Waals surface area contributed by atoms with Crippen molar-refractivity contribution < 1.29 is 63.9 Å². The molecule has 2 atom stereocenters. The van der Waals surface area contributed by atoms with Gasteiger partial charge in [0, 0.05) is 50.7 Å². The number of carboxylic acid groups (broad SMARTS) is 2. The number of nitrogens with zero attached hydrogens (tertiary/aromatic N) is 4. The predicted molar refractivity (Wildman–Crippen MR) is 130 cm³/mol. The summed E-state index contributed by atoms with van der Waals surface area (Å²) in [6.07, 6.45) is -5.56. The summed E-state index contributed by atoms with van der Waals surface area (Å²) < 4.78 is 94.0. The van der Waals surface area contributed by atoms with Crippen LogP contribution >= 0.6 is 0 Å². The monoisotopic (exact) mass is 632 g/mol. The molecule has 0 saturated carbocycles. The van der Waals surface area contributed by atoms with Crippen molar-refractivity contribution in [2.45, 2.75) is 50.0 Å². The number of rotatable bonds is 3. The maximum absolute atomic E-state index is 12.7. The number of aromatic nitrogens is 2. The van der Waals surface area contributed by atoms with E-state index in [0.717, 1.165) is 5.56 Å². The highest BCUT2D eigenvalue weighted by Crippen LogP contribution is 2.29. The maximum Gasteiger partial charge on any atom is 0.490 e. The van der Waals surface area contributed by atoms with Crippen molar-refractivity contribution in [3.63, 3.8) is 0 Å². The van der Waals surface area contributed by atoms with Crippen LogP contribution in [0, 0.1) is 6.92 Å². The van der Waals surface area contributed by atoms with E-state index >= 15 is 0 Å². The number of likely N-dealkylation sites (tertiary alicyclic amines) is 1. The lowest BCUT2D eigenvalue weighted by atomic mass is 10.1. The summed E-state index contributed by atoms with van der Waals surface area (Å²) >= 11 is 0. The van der Waals surface area contributed by atoms with E-state index in [2.05, 4.69) is 15.0 Å². The van der Waals surface area contributed by atoms with Crippen LogP contribution in [0.5, 0.6) is 0 Å². The topological polar surface area (TPSA) is 171 Å². The fourth-order valence-corrected chi connectivity index (χ4v) is 6.26. The molecule has 0 unspecified atom stereocenters. The van der Waals surface area contributed by atoms with Gasteiger partial charge in [-0.15, -0.1) is 0 Å². The van der Waals surface area contributed by atoms with Gasteiger partial charge in [0.1, 0.15) is 5.76 Å². The molecule has 2 saturated heterocycles. The first-order valence-electron chi connectivity index (χ1n) is 12.0. The number of aliphatic carboxylic acids is 2. The van der Waals surface area contributed by atoms with Gasteiger partial charge in [0.25, 0.3) is 5.91 Å². The number of fused-ring (bicyclic) bond motifs is 1. The molecule has 2 aliphatic rings. The molecule has 0 aliphatic carbocycles. The number of sulfone groups is 1. The molecule has 4 heterocycles. The summed E-state index contributed by atoms with van der Waals surface area (Å²) in [5, 5.41) is 17.6. The van der Waals surface area contributed by atoms with E-state index in [1.807, 2.05) is 18.3 Å². The Bertz CT molecular complexity index is 1310. The molecule has 0 radical (unpaired) electrons. The van der Waals surface area contributed by atoms with E-state index in [-0.39, 0.29) is 23.4 Å². The molecule has 19 heteroatoms. The molecule has 2 aliphatic heterocycles. The van der Waals surface area contributed by atoms with E-state index in [9.17, 15) is 39.6 Å². The van der Waals surface area contributed by atoms with Gasteiger partial charge in [-0.25, -0.2) is 18.0 Å². The van der Waals surface area contributed by atoms with Crippen LogP contribution in [0.2, 0.25) is 0 Å². The standard InChI is InChI=1S/C19H24N4O4S.2C2HF3O2/c1-14-11-16(21-27-14)19(24)22-7-4-17-18(5-8-22)28(25,26)10-9-23(17)13-15-3-2-6-20-12-15;2*3-2(4,5)1(6)7/h2-3,6,11-12,17-18H,4-5,7-10,13H2,1H3;2*(H,6,7)/t17-,18+;;/m0../s1. The van der Waals surface area contributed by atoms with Gasteiger partial charge in [0.05, 0.1) is 11.0 Å². The Labute approximate surface area is 234 Å². The minimum atomic E-state index is -5.08. The lowest BCUT2D eigenvalue weighted by molar-refractivity contribution is -0.193. The van der Waals surface area contributed by atoms with Gasteiger partial charge in [-0.1, -0.05) is 11.2 Å². The van der Waals surface area contributed by atoms with Crippen LogP contribution in [0.25, 0.3) is 0 Å². The van der Waals surface area contributed by atoms with Gasteiger partial charge in [-0.05, 0) is 31.4 Å². The molecule has 234 valence electrons. The Balaban J connectivity index is 0.000000367. The first-order valence-corrected chi connectivity index (χ1v) is 13.7. The van der Waals surface area contributed by atoms with E-state index in [0.29, 0.717) is 44.8 Å². The average molecular weight is 633 g/mol. The second kappa shape index (κ2) is 14.0. The normalized spacial score (nSPS) is 20.5. The highest BCUT2D eigenvalue weighted by atomic mass is 32.2. The largest absolute Gasteiger partial charge is 0.490 e. The summed E-state index contributed by atoms with van der Waals surface area (Å²) in [4.78, 5) is 38.6. The molecule has 0 bridgehead atoms. The van der Waals surface area contributed by atoms with E-state index in [1.165, 1.54) is 0 Å². The fourth-order valence-electron chi connectivity index (χ4n) is 4.21. The van der Waals surface area contributed by atoms with Crippen molar-refractivity contribution in [3.8, 4) is 0 Å². The molecule has 2 aromatic rings. The van der Waals surface area contributed by atoms with Crippen LogP contribution in [0.3, 0.4) is 0 Å². The third-order valence-corrected chi connectivity index (χ3v) is 8.35. The molecule has 12 nitrogen and oxygen atoms in total. The quantitative estimate of drug-likeness (QED) is 0.477. The number of halogens is 6. The van der Waals surface area contributed by atoms with Crippen molar-refractivity contribution in [2.75, 3.05) is 25.4 Å². The van der Waals surface area contributed by atoms with Crippen LogP contribution in [-0.4, -0.2) is 105 Å². The van der Waals surface area contributed by atoms with E-state index in [1.54, 1.807) is 24.1 Å². The highest BCUT2D eigenvalue weighted by Gasteiger charge is 2.43. The molecule has 1 amide bonds. The van der Waals surface area contributed by atoms with Crippen molar-refractivity contribution in [3.05, 3.63) is 47.6 Å².